The van der Waals surface area contributed by atoms with Gasteiger partial charge in [-0.05, 0) is 112 Å². The Morgan fingerprint density at radius 1 is 0.865 bits per heavy atom. The molecule has 2 atom stereocenters. The molecule has 0 bridgehead atoms. The van der Waals surface area contributed by atoms with Crippen molar-refractivity contribution in [3.63, 3.8) is 0 Å². The fraction of sp³-hybridized carbons (Fsp3) is 0.256. The van der Waals surface area contributed by atoms with Gasteiger partial charge in [-0.25, -0.2) is 0 Å². The van der Waals surface area contributed by atoms with E-state index in [1.165, 1.54) is 30.3 Å². The maximum Gasteiger partial charge on any atom is 0.286 e. The largest absolute Gasteiger partial charge is 0.508 e. The van der Waals surface area contributed by atoms with Crippen LogP contribution in [0.15, 0.2) is 69.9 Å². The van der Waals surface area contributed by atoms with Crippen LogP contribution in [0, 0.1) is 20.8 Å². The van der Waals surface area contributed by atoms with Gasteiger partial charge in [-0.15, -0.1) is 0 Å². The van der Waals surface area contributed by atoms with Gasteiger partial charge in [-0.3, -0.25) is 19.7 Å². The van der Waals surface area contributed by atoms with Crippen LogP contribution in [0.5, 0.6) is 40.2 Å². The van der Waals surface area contributed by atoms with Gasteiger partial charge in [0.2, 0.25) is 17.1 Å². The number of carbonyl (C=O) groups is 2. The molecule has 2 amide bonds. The fourth-order valence-corrected chi connectivity index (χ4v) is 6.99. The van der Waals surface area contributed by atoms with Crippen molar-refractivity contribution < 1.29 is 49.0 Å². The highest BCUT2D eigenvalue weighted by Crippen LogP contribution is 2.43. The first-order valence-electron chi connectivity index (χ1n) is 16.4. The number of nitrogens with one attached hydrogen (secondary N) is 1. The van der Waals surface area contributed by atoms with Crippen LogP contribution in [0.3, 0.4) is 0 Å². The maximum atomic E-state index is 12.1. The van der Waals surface area contributed by atoms with E-state index >= 15 is 0 Å². The minimum atomic E-state index is -0.654. The Morgan fingerprint density at radius 2 is 1.60 bits per heavy atom. The first-order chi connectivity index (χ1) is 24.6. The second kappa shape index (κ2) is 14.1. The number of ether oxygens (including phenoxy) is 2. The Morgan fingerprint density at radius 3 is 2.27 bits per heavy atom. The number of carbonyl (C=O) groups excluding carboxylic acids is 2. The number of hydrogen-bond acceptors (Lipinski definition) is 12. The highest BCUT2D eigenvalue weighted by atomic mass is 32.2. The van der Waals surface area contributed by atoms with E-state index in [9.17, 15) is 39.9 Å². The van der Waals surface area contributed by atoms with E-state index in [4.69, 9.17) is 13.9 Å². The topological polar surface area (TPSA) is 196 Å². The third kappa shape index (κ3) is 7.17. The molecule has 4 aromatic carbocycles. The zero-order chi connectivity index (χ0) is 37.5. The fourth-order valence-electron chi connectivity index (χ4n) is 6.13. The third-order valence-electron chi connectivity index (χ3n) is 9.34. The summed E-state index contributed by atoms with van der Waals surface area (Å²) in [5.74, 6) is 0.118. The smallest absolute Gasteiger partial charge is 0.286 e. The first kappa shape index (κ1) is 36.0. The Hall–Kier alpha value is -5.82. The van der Waals surface area contributed by atoms with Crippen LogP contribution >= 0.6 is 11.8 Å². The number of phenolic OH excluding ortho intramolecular Hbond substituents is 4. The molecule has 5 aromatic rings. The quantitative estimate of drug-likeness (QED) is 0.102. The molecule has 6 N–H and O–H groups in total. The van der Waals surface area contributed by atoms with Gasteiger partial charge in [0, 0.05) is 17.2 Å². The normalized spacial score (nSPS) is 17.9. The third-order valence-corrected chi connectivity index (χ3v) is 10.3. The molecule has 52 heavy (non-hydrogen) atoms. The number of fused-ring (bicyclic) bond motifs is 2. The number of thioether (sulfide) groups is 1. The van der Waals surface area contributed by atoms with Gasteiger partial charge < -0.3 is 39.4 Å². The van der Waals surface area contributed by atoms with Crippen molar-refractivity contribution in [2.45, 2.75) is 57.8 Å². The molecule has 2 unspecified atom stereocenters. The van der Waals surface area contributed by atoms with Crippen LogP contribution in [0.2, 0.25) is 0 Å². The lowest BCUT2D eigenvalue weighted by Gasteiger charge is -2.37. The summed E-state index contributed by atoms with van der Waals surface area (Å²) in [7, 11) is 0. The van der Waals surface area contributed by atoms with E-state index in [1.807, 2.05) is 52.0 Å². The Labute approximate surface area is 302 Å². The standard InChI is InChI=1S/C24H27NO5S.C15H10O6/c1-13-14(2)21-18(15(3)20(13)26)9-10-24(4,30-21)12-29-17-7-5-16(6-8-17)11-19-22(27)25-23(28)31-19;16-8-2-3-9-12(6-8)21-15(14(20)13(9)19)7-1-4-10(17)11(18)5-7/h5-8,19,26H,9-12H2,1-4H3,(H,25,27,28);1-6,16-18,20H. The highest BCUT2D eigenvalue weighted by molar-refractivity contribution is 8.15. The number of imide groups is 1. The molecule has 3 heterocycles. The number of amides is 2. The Balaban J connectivity index is 0.000000192. The van der Waals surface area contributed by atoms with Crippen molar-refractivity contribution in [1.29, 1.82) is 0 Å². The molecule has 0 spiro atoms. The zero-order valence-corrected chi connectivity index (χ0v) is 29.6. The van der Waals surface area contributed by atoms with Gasteiger partial charge in [0.15, 0.2) is 17.3 Å². The molecule has 1 fully saturated rings. The van der Waals surface area contributed by atoms with Crippen molar-refractivity contribution in [1.82, 2.24) is 5.32 Å². The second-order valence-electron chi connectivity index (χ2n) is 13.1. The molecular weight excluding hydrogens is 690 g/mol. The van der Waals surface area contributed by atoms with E-state index in [-0.39, 0.29) is 50.2 Å². The van der Waals surface area contributed by atoms with Crippen LogP contribution in [-0.2, 0) is 17.6 Å². The average molecular weight is 728 g/mol. The first-order valence-corrected chi connectivity index (χ1v) is 17.3. The molecule has 13 heteroatoms. The summed E-state index contributed by atoms with van der Waals surface area (Å²) in [5.41, 5.74) is 3.97. The van der Waals surface area contributed by atoms with E-state index in [0.717, 1.165) is 70.0 Å². The maximum absolute atomic E-state index is 12.1. The molecule has 7 rings (SSSR count). The SMILES string of the molecule is Cc1c(C)c2c(c(C)c1O)CCC(C)(COc1ccc(CC3SC(=O)NC3=O)cc1)O2.O=c1c(O)c(-c2ccc(O)c(O)c2)oc2cc(O)ccc12. The molecule has 1 aromatic heterocycles. The molecule has 2 aliphatic heterocycles. The number of phenols is 4. The van der Waals surface area contributed by atoms with Crippen molar-refractivity contribution in [3.8, 4) is 51.6 Å². The summed E-state index contributed by atoms with van der Waals surface area (Å²) in [6.45, 7) is 8.28. The summed E-state index contributed by atoms with van der Waals surface area (Å²) >= 11 is 1.04. The van der Waals surface area contributed by atoms with Crippen LogP contribution in [0.1, 0.15) is 41.2 Å². The summed E-state index contributed by atoms with van der Waals surface area (Å²) in [4.78, 5) is 35.1. The van der Waals surface area contributed by atoms with E-state index < -0.39 is 22.5 Å². The summed E-state index contributed by atoms with van der Waals surface area (Å²) in [6.07, 6.45) is 2.13. The zero-order valence-electron chi connectivity index (χ0n) is 28.8. The van der Waals surface area contributed by atoms with E-state index in [0.29, 0.717) is 18.8 Å². The number of rotatable bonds is 6. The molecule has 270 valence electrons. The molecule has 2 aliphatic rings. The van der Waals surface area contributed by atoms with Gasteiger partial charge >= 0.3 is 0 Å². The Bertz CT molecular complexity index is 2280. The monoisotopic (exact) mass is 727 g/mol. The van der Waals surface area contributed by atoms with E-state index in [1.54, 1.807) is 0 Å². The lowest BCUT2D eigenvalue weighted by molar-refractivity contribution is -0.118. The van der Waals surface area contributed by atoms with Crippen molar-refractivity contribution >= 4 is 33.9 Å². The number of hydrogen-bond donors (Lipinski definition) is 6. The van der Waals surface area contributed by atoms with E-state index in [2.05, 4.69) is 5.32 Å². The number of benzene rings is 4. The summed E-state index contributed by atoms with van der Waals surface area (Å²) in [5, 5.41) is 50.3. The van der Waals surface area contributed by atoms with Gasteiger partial charge in [0.05, 0.1) is 10.6 Å². The van der Waals surface area contributed by atoms with Crippen molar-refractivity contribution in [3.05, 3.63) is 98.7 Å². The van der Waals surface area contributed by atoms with Crippen molar-refractivity contribution in [2.75, 3.05) is 6.61 Å². The summed E-state index contributed by atoms with van der Waals surface area (Å²) in [6, 6.07) is 15.2. The molecule has 0 radical (unpaired) electrons. The summed E-state index contributed by atoms with van der Waals surface area (Å²) < 4.78 is 17.9. The van der Waals surface area contributed by atoms with Crippen LogP contribution < -0.4 is 20.2 Å². The number of aromatic hydroxyl groups is 5. The molecule has 12 nitrogen and oxygen atoms in total. The van der Waals surface area contributed by atoms with Crippen LogP contribution in [0.25, 0.3) is 22.3 Å². The average Bonchev–Trinajstić information content (AvgIpc) is 3.44. The second-order valence-corrected chi connectivity index (χ2v) is 14.3. The highest BCUT2D eigenvalue weighted by Gasteiger charge is 2.36. The predicted molar refractivity (Wildman–Crippen MR) is 195 cm³/mol. The lowest BCUT2D eigenvalue weighted by atomic mass is 9.87. The molecule has 0 aliphatic carbocycles. The van der Waals surface area contributed by atoms with Crippen molar-refractivity contribution in [2.24, 2.45) is 0 Å². The van der Waals surface area contributed by atoms with Gasteiger partial charge in [0.25, 0.3) is 5.24 Å². The Kier molecular flexibility index (Phi) is 9.73. The minimum absolute atomic E-state index is 0.0872. The minimum Gasteiger partial charge on any atom is -0.508 e. The van der Waals surface area contributed by atoms with Crippen LogP contribution in [0.4, 0.5) is 4.79 Å². The molecule has 0 saturated carbocycles. The van der Waals surface area contributed by atoms with Gasteiger partial charge in [-0.1, -0.05) is 23.9 Å². The van der Waals surface area contributed by atoms with Gasteiger partial charge in [-0.2, -0.15) is 0 Å². The van der Waals surface area contributed by atoms with Gasteiger partial charge in [0.1, 0.15) is 40.8 Å². The van der Waals surface area contributed by atoms with Crippen LogP contribution in [-0.4, -0.2) is 54.1 Å². The molecular formula is C39H37NO11S. The lowest BCUT2D eigenvalue weighted by Crippen LogP contribution is -2.42. The predicted octanol–water partition coefficient (Wildman–Crippen LogP) is 6.66. The molecule has 1 saturated heterocycles.